The predicted octanol–water partition coefficient (Wildman–Crippen LogP) is 1.33. The summed E-state index contributed by atoms with van der Waals surface area (Å²) in [6.45, 7) is 6.76. The lowest BCUT2D eigenvalue weighted by molar-refractivity contribution is 0.145. The molecule has 4 heteroatoms. The molecule has 0 spiro atoms. The molecule has 72 valence electrons. The van der Waals surface area contributed by atoms with Gasteiger partial charge in [-0.15, -0.1) is 0 Å². The lowest BCUT2D eigenvalue weighted by Crippen LogP contribution is -2.52. The summed E-state index contributed by atoms with van der Waals surface area (Å²) in [7, 11) is 0.213. The zero-order chi connectivity index (χ0) is 9.03. The Labute approximate surface area is 76.0 Å². The maximum Gasteiger partial charge on any atom is 0.427 e. The van der Waals surface area contributed by atoms with Crippen LogP contribution in [0.4, 0.5) is 0 Å². The molecular formula is C8H19NO2Si. The van der Waals surface area contributed by atoms with Gasteiger partial charge in [-0.25, -0.2) is 0 Å². The highest BCUT2D eigenvalue weighted by molar-refractivity contribution is 6.65. The second-order valence-corrected chi connectivity index (χ2v) is 6.37. The van der Waals surface area contributed by atoms with Gasteiger partial charge >= 0.3 is 8.72 Å². The van der Waals surface area contributed by atoms with Gasteiger partial charge in [0.1, 0.15) is 0 Å². The first-order chi connectivity index (χ1) is 5.75. The molecule has 0 amide bonds. The number of hydrogen-bond donors (Lipinski definition) is 0. The van der Waals surface area contributed by atoms with Gasteiger partial charge in [0.2, 0.25) is 0 Å². The van der Waals surface area contributed by atoms with Crippen LogP contribution < -0.4 is 0 Å². The maximum atomic E-state index is 5.79. The van der Waals surface area contributed by atoms with Crippen LogP contribution in [-0.4, -0.2) is 40.1 Å². The van der Waals surface area contributed by atoms with Crippen LogP contribution in [0.2, 0.25) is 6.04 Å². The molecule has 1 aliphatic rings. The molecule has 3 nitrogen and oxygen atoms in total. The fourth-order valence-electron chi connectivity index (χ4n) is 1.76. The topological polar surface area (TPSA) is 21.7 Å². The lowest BCUT2D eigenvalue weighted by Gasteiger charge is -2.31. The van der Waals surface area contributed by atoms with Gasteiger partial charge in [0.25, 0.3) is 0 Å². The van der Waals surface area contributed by atoms with E-state index in [9.17, 15) is 0 Å². The van der Waals surface area contributed by atoms with Gasteiger partial charge < -0.3 is 8.85 Å². The van der Waals surface area contributed by atoms with E-state index < -0.39 is 8.72 Å². The van der Waals surface area contributed by atoms with Gasteiger partial charge in [-0.2, -0.15) is 0 Å². The number of hydrogen-bond acceptors (Lipinski definition) is 3. The molecule has 0 saturated carbocycles. The van der Waals surface area contributed by atoms with E-state index in [-0.39, 0.29) is 0 Å². The molecule has 0 atom stereocenters. The Hall–Kier alpha value is 0.0969. The van der Waals surface area contributed by atoms with E-state index in [0.717, 1.165) is 25.8 Å². The quantitative estimate of drug-likeness (QED) is 0.623. The summed E-state index contributed by atoms with van der Waals surface area (Å²) in [6, 6.07) is 1.13. The average molecular weight is 189 g/mol. The largest absolute Gasteiger partial charge is 0.427 e. The average Bonchev–Trinajstić information content (AvgIpc) is 2.35. The summed E-state index contributed by atoms with van der Waals surface area (Å²) >= 11 is 0. The Morgan fingerprint density at radius 1 is 1.25 bits per heavy atom. The minimum atomic E-state index is -1.90. The molecule has 0 aliphatic carbocycles. The van der Waals surface area contributed by atoms with E-state index in [1.165, 1.54) is 6.42 Å². The third-order valence-corrected chi connectivity index (χ3v) is 6.16. The fourth-order valence-corrected chi connectivity index (χ4v) is 4.96. The van der Waals surface area contributed by atoms with Crippen molar-refractivity contribution in [1.82, 2.24) is 4.57 Å². The van der Waals surface area contributed by atoms with Crippen LogP contribution >= 0.6 is 0 Å². The first-order valence-electron chi connectivity index (χ1n) is 4.74. The summed E-state index contributed by atoms with van der Waals surface area (Å²) in [6.07, 6.45) is 1.22. The summed E-state index contributed by atoms with van der Waals surface area (Å²) in [4.78, 5) is 0. The summed E-state index contributed by atoms with van der Waals surface area (Å²) in [5, 5.41) is 0. The minimum Gasteiger partial charge on any atom is -0.383 e. The van der Waals surface area contributed by atoms with Crippen LogP contribution in [-0.2, 0) is 8.85 Å². The van der Waals surface area contributed by atoms with Crippen molar-refractivity contribution in [2.24, 2.45) is 0 Å². The van der Waals surface area contributed by atoms with Crippen LogP contribution in [0.1, 0.15) is 20.3 Å². The van der Waals surface area contributed by atoms with Crippen molar-refractivity contribution in [2.75, 3.05) is 26.8 Å². The van der Waals surface area contributed by atoms with E-state index in [4.69, 9.17) is 8.85 Å². The van der Waals surface area contributed by atoms with Crippen molar-refractivity contribution < 1.29 is 8.85 Å². The lowest BCUT2D eigenvalue weighted by atomic mass is 10.5. The molecule has 12 heavy (non-hydrogen) atoms. The van der Waals surface area contributed by atoms with Gasteiger partial charge in [-0.05, 0) is 33.9 Å². The van der Waals surface area contributed by atoms with Crippen LogP contribution in [0.15, 0.2) is 0 Å². The van der Waals surface area contributed by atoms with Crippen molar-refractivity contribution in [1.29, 1.82) is 0 Å². The summed E-state index contributed by atoms with van der Waals surface area (Å²) in [5.74, 6) is 0. The van der Waals surface area contributed by atoms with Crippen molar-refractivity contribution in [3.05, 3.63) is 0 Å². The first-order valence-corrected chi connectivity index (χ1v) is 6.71. The standard InChI is InChI=1S/C8H19NO2Si/c1-4-10-12(11-5-2)8-6-7-9(12)3/h4-8H2,1-3H3. The molecule has 0 N–H and O–H groups in total. The Morgan fingerprint density at radius 2 is 1.83 bits per heavy atom. The molecule has 1 aliphatic heterocycles. The van der Waals surface area contributed by atoms with Gasteiger partial charge in [0.05, 0.1) is 0 Å². The van der Waals surface area contributed by atoms with Crippen molar-refractivity contribution in [3.63, 3.8) is 0 Å². The highest BCUT2D eigenvalue weighted by atomic mass is 28.4. The molecule has 0 unspecified atom stereocenters. The van der Waals surface area contributed by atoms with Crippen molar-refractivity contribution in [2.45, 2.75) is 26.3 Å². The van der Waals surface area contributed by atoms with Gasteiger partial charge in [-0.1, -0.05) is 0 Å². The molecule has 0 aromatic heterocycles. The Morgan fingerprint density at radius 3 is 2.17 bits per heavy atom. The number of nitrogens with zero attached hydrogens (tertiary/aromatic N) is 1. The monoisotopic (exact) mass is 189 g/mol. The molecule has 1 rings (SSSR count). The van der Waals surface area contributed by atoms with E-state index in [2.05, 4.69) is 11.6 Å². The predicted molar refractivity (Wildman–Crippen MR) is 51.1 cm³/mol. The summed E-state index contributed by atoms with van der Waals surface area (Å²) < 4.78 is 13.9. The Balaban J connectivity index is 2.57. The van der Waals surface area contributed by atoms with Gasteiger partial charge in [0.15, 0.2) is 0 Å². The maximum absolute atomic E-state index is 5.79. The Kier molecular flexibility index (Phi) is 3.70. The van der Waals surface area contributed by atoms with E-state index in [1.54, 1.807) is 0 Å². The zero-order valence-electron chi connectivity index (χ0n) is 8.30. The molecular weight excluding hydrogens is 170 g/mol. The summed E-state index contributed by atoms with van der Waals surface area (Å²) in [5.41, 5.74) is 0. The second kappa shape index (κ2) is 4.37. The van der Waals surface area contributed by atoms with Crippen molar-refractivity contribution in [3.8, 4) is 0 Å². The third-order valence-electron chi connectivity index (χ3n) is 2.31. The molecule has 0 radical (unpaired) electrons. The fraction of sp³-hybridized carbons (Fsp3) is 1.00. The van der Waals surface area contributed by atoms with E-state index >= 15 is 0 Å². The van der Waals surface area contributed by atoms with E-state index in [1.807, 2.05) is 13.8 Å². The molecule has 0 aromatic carbocycles. The van der Waals surface area contributed by atoms with E-state index in [0.29, 0.717) is 0 Å². The minimum absolute atomic E-state index is 0.774. The van der Waals surface area contributed by atoms with Gasteiger partial charge in [-0.3, -0.25) is 4.57 Å². The zero-order valence-corrected chi connectivity index (χ0v) is 9.30. The Bertz CT molecular complexity index is 137. The molecule has 1 heterocycles. The highest BCUT2D eigenvalue weighted by Crippen LogP contribution is 2.26. The number of rotatable bonds is 4. The normalized spacial score (nSPS) is 23.2. The third kappa shape index (κ3) is 1.88. The first kappa shape index (κ1) is 10.2. The van der Waals surface area contributed by atoms with Crippen LogP contribution in [0.25, 0.3) is 0 Å². The van der Waals surface area contributed by atoms with Gasteiger partial charge in [0, 0.05) is 19.3 Å². The van der Waals surface area contributed by atoms with Crippen LogP contribution in [0.5, 0.6) is 0 Å². The molecule has 1 saturated heterocycles. The molecule has 1 fully saturated rings. The highest BCUT2D eigenvalue weighted by Gasteiger charge is 2.46. The molecule has 0 bridgehead atoms. The SMILES string of the molecule is CCO[Si]1(OCC)CCCN1C. The van der Waals surface area contributed by atoms with Crippen LogP contribution in [0.3, 0.4) is 0 Å². The molecule has 0 aromatic rings. The van der Waals surface area contributed by atoms with Crippen molar-refractivity contribution >= 4 is 8.72 Å². The second-order valence-electron chi connectivity index (χ2n) is 3.10. The van der Waals surface area contributed by atoms with Crippen LogP contribution in [0, 0.1) is 0 Å². The smallest absolute Gasteiger partial charge is 0.383 e.